The van der Waals surface area contributed by atoms with Gasteiger partial charge in [-0.1, -0.05) is 0 Å². The first kappa shape index (κ1) is 12.8. The summed E-state index contributed by atoms with van der Waals surface area (Å²) < 4.78 is 5.03. The number of carbonyl (C=O) groups excluding carboxylic acids is 1. The molecule has 0 radical (unpaired) electrons. The molecule has 0 bridgehead atoms. The molecule has 0 aliphatic carbocycles. The lowest BCUT2D eigenvalue weighted by Gasteiger charge is -2.23. The van der Waals surface area contributed by atoms with Crippen molar-refractivity contribution in [2.75, 3.05) is 20.0 Å². The first-order valence-corrected chi connectivity index (χ1v) is 5.60. The summed E-state index contributed by atoms with van der Waals surface area (Å²) in [7, 11) is 3.35. The van der Waals surface area contributed by atoms with Gasteiger partial charge in [-0.25, -0.2) is 0 Å². The maximum Gasteiger partial charge on any atom is 0.253 e. The summed E-state index contributed by atoms with van der Waals surface area (Å²) >= 11 is 5.71. The van der Waals surface area contributed by atoms with E-state index in [1.54, 1.807) is 43.3 Å². The molecule has 0 saturated carbocycles. The third kappa shape index (κ3) is 2.89. The fraction of sp³-hybridized carbons (Fsp3) is 0.417. The van der Waals surface area contributed by atoms with Crippen molar-refractivity contribution in [2.45, 2.75) is 13.0 Å². The van der Waals surface area contributed by atoms with Crippen LogP contribution in [0.25, 0.3) is 0 Å². The molecule has 0 fully saturated rings. The van der Waals surface area contributed by atoms with Crippen molar-refractivity contribution >= 4 is 17.5 Å². The van der Waals surface area contributed by atoms with Crippen molar-refractivity contribution in [3.63, 3.8) is 0 Å². The van der Waals surface area contributed by atoms with Gasteiger partial charge in [0.25, 0.3) is 5.91 Å². The zero-order valence-corrected chi connectivity index (χ0v) is 10.5. The van der Waals surface area contributed by atoms with E-state index in [2.05, 4.69) is 0 Å². The third-order valence-electron chi connectivity index (χ3n) is 2.54. The minimum Gasteiger partial charge on any atom is -0.497 e. The molecule has 0 aliphatic heterocycles. The average Bonchev–Trinajstić information content (AvgIpc) is 2.36. The highest BCUT2D eigenvalue weighted by atomic mass is 35.5. The summed E-state index contributed by atoms with van der Waals surface area (Å²) in [6, 6.07) is 7.06. The number of nitrogens with zero attached hydrogens (tertiary/aromatic N) is 1. The fourth-order valence-electron chi connectivity index (χ4n) is 1.24. The van der Waals surface area contributed by atoms with E-state index < -0.39 is 0 Å². The molecule has 4 heteroatoms. The van der Waals surface area contributed by atoms with Crippen molar-refractivity contribution in [3.05, 3.63) is 29.8 Å². The summed E-state index contributed by atoms with van der Waals surface area (Å²) in [6.07, 6.45) is 0. The van der Waals surface area contributed by atoms with E-state index in [1.807, 2.05) is 6.92 Å². The average molecular weight is 242 g/mol. The standard InChI is InChI=1S/C12H16ClNO2/c1-9(8-13)14(2)12(15)10-4-6-11(16-3)7-5-10/h4-7,9H,8H2,1-3H3. The number of rotatable bonds is 4. The molecule has 88 valence electrons. The van der Waals surface area contributed by atoms with Gasteiger partial charge in [-0.2, -0.15) is 0 Å². The molecule has 3 nitrogen and oxygen atoms in total. The number of benzene rings is 1. The highest BCUT2D eigenvalue weighted by Gasteiger charge is 2.16. The molecule has 16 heavy (non-hydrogen) atoms. The van der Waals surface area contributed by atoms with Gasteiger partial charge in [0.05, 0.1) is 7.11 Å². The Kier molecular flexibility index (Phi) is 4.62. The summed E-state index contributed by atoms with van der Waals surface area (Å²) in [6.45, 7) is 1.91. The van der Waals surface area contributed by atoms with Gasteiger partial charge >= 0.3 is 0 Å². The molecule has 0 heterocycles. The lowest BCUT2D eigenvalue weighted by molar-refractivity contribution is 0.0756. The Morgan fingerprint density at radius 1 is 1.44 bits per heavy atom. The Bertz CT molecular complexity index is 351. The number of hydrogen-bond donors (Lipinski definition) is 0. The molecule has 0 N–H and O–H groups in total. The second-order valence-corrected chi connectivity index (χ2v) is 3.96. The monoisotopic (exact) mass is 241 g/mol. The van der Waals surface area contributed by atoms with Crippen LogP contribution in [0, 0.1) is 0 Å². The Labute approximate surface area is 101 Å². The molecule has 0 saturated heterocycles. The zero-order chi connectivity index (χ0) is 12.1. The lowest BCUT2D eigenvalue weighted by Crippen LogP contribution is -2.36. The van der Waals surface area contributed by atoms with E-state index in [1.165, 1.54) is 0 Å². The Hall–Kier alpha value is -1.22. The predicted octanol–water partition coefficient (Wildman–Crippen LogP) is 2.39. The topological polar surface area (TPSA) is 29.5 Å². The normalized spacial score (nSPS) is 12.0. The Morgan fingerprint density at radius 3 is 2.44 bits per heavy atom. The number of ether oxygens (including phenoxy) is 1. The smallest absolute Gasteiger partial charge is 0.253 e. The van der Waals surface area contributed by atoms with Crippen LogP contribution in [0.4, 0.5) is 0 Å². The van der Waals surface area contributed by atoms with Crippen LogP contribution in [-0.2, 0) is 0 Å². The van der Waals surface area contributed by atoms with Gasteiger partial charge in [0.1, 0.15) is 5.75 Å². The molecule has 0 aliphatic rings. The number of amides is 1. The number of carbonyl (C=O) groups is 1. The maximum atomic E-state index is 12.0. The van der Waals surface area contributed by atoms with Crippen molar-refractivity contribution in [3.8, 4) is 5.75 Å². The lowest BCUT2D eigenvalue weighted by atomic mass is 10.2. The number of methoxy groups -OCH3 is 1. The number of alkyl halides is 1. The molecule has 1 rings (SSSR count). The molecular weight excluding hydrogens is 226 g/mol. The van der Waals surface area contributed by atoms with Crippen LogP contribution in [0.5, 0.6) is 5.75 Å². The van der Waals surface area contributed by atoms with E-state index >= 15 is 0 Å². The number of halogens is 1. The van der Waals surface area contributed by atoms with Crippen molar-refractivity contribution in [1.82, 2.24) is 4.90 Å². The van der Waals surface area contributed by atoms with E-state index in [0.29, 0.717) is 11.4 Å². The largest absolute Gasteiger partial charge is 0.497 e. The van der Waals surface area contributed by atoms with Gasteiger partial charge in [-0.15, -0.1) is 11.6 Å². The van der Waals surface area contributed by atoms with Crippen LogP contribution in [0.2, 0.25) is 0 Å². The van der Waals surface area contributed by atoms with Crippen LogP contribution in [0.1, 0.15) is 17.3 Å². The minimum atomic E-state index is -0.0317. The van der Waals surface area contributed by atoms with Crippen LogP contribution in [0.15, 0.2) is 24.3 Å². The van der Waals surface area contributed by atoms with Gasteiger partial charge < -0.3 is 9.64 Å². The third-order valence-corrected chi connectivity index (χ3v) is 2.99. The van der Waals surface area contributed by atoms with Gasteiger partial charge in [0.2, 0.25) is 0 Å². The molecule has 1 aromatic carbocycles. The minimum absolute atomic E-state index is 0.0243. The maximum absolute atomic E-state index is 12.0. The van der Waals surface area contributed by atoms with Gasteiger partial charge in [0.15, 0.2) is 0 Å². The summed E-state index contributed by atoms with van der Waals surface area (Å²) in [5.74, 6) is 1.14. The highest BCUT2D eigenvalue weighted by Crippen LogP contribution is 2.13. The van der Waals surface area contributed by atoms with E-state index in [9.17, 15) is 4.79 Å². The molecular formula is C12H16ClNO2. The Morgan fingerprint density at radius 2 is 2.00 bits per heavy atom. The summed E-state index contributed by atoms with van der Waals surface area (Å²) in [5, 5.41) is 0. The van der Waals surface area contributed by atoms with Crippen LogP contribution >= 0.6 is 11.6 Å². The first-order chi connectivity index (χ1) is 7.60. The van der Waals surface area contributed by atoms with Gasteiger partial charge in [-0.3, -0.25) is 4.79 Å². The van der Waals surface area contributed by atoms with Crippen LogP contribution in [-0.4, -0.2) is 36.9 Å². The van der Waals surface area contributed by atoms with Gasteiger partial charge in [-0.05, 0) is 31.2 Å². The molecule has 0 aromatic heterocycles. The molecule has 1 amide bonds. The molecule has 0 spiro atoms. The molecule has 1 atom stereocenters. The zero-order valence-electron chi connectivity index (χ0n) is 9.74. The van der Waals surface area contributed by atoms with Crippen molar-refractivity contribution < 1.29 is 9.53 Å². The summed E-state index contributed by atoms with van der Waals surface area (Å²) in [5.41, 5.74) is 0.639. The Balaban J connectivity index is 2.80. The quantitative estimate of drug-likeness (QED) is 0.758. The first-order valence-electron chi connectivity index (χ1n) is 5.07. The second kappa shape index (κ2) is 5.75. The summed E-state index contributed by atoms with van der Waals surface area (Å²) in [4.78, 5) is 13.6. The van der Waals surface area contributed by atoms with E-state index in [-0.39, 0.29) is 11.9 Å². The van der Waals surface area contributed by atoms with Crippen LogP contribution in [0.3, 0.4) is 0 Å². The number of hydrogen-bond acceptors (Lipinski definition) is 2. The second-order valence-electron chi connectivity index (χ2n) is 3.65. The SMILES string of the molecule is COc1ccc(C(=O)N(C)C(C)CCl)cc1. The van der Waals surface area contributed by atoms with Crippen LogP contribution < -0.4 is 4.74 Å². The fourth-order valence-corrected chi connectivity index (χ4v) is 1.45. The predicted molar refractivity (Wildman–Crippen MR) is 65.3 cm³/mol. The molecule has 1 aromatic rings. The van der Waals surface area contributed by atoms with Crippen molar-refractivity contribution in [1.29, 1.82) is 0 Å². The van der Waals surface area contributed by atoms with E-state index in [0.717, 1.165) is 5.75 Å². The van der Waals surface area contributed by atoms with E-state index in [4.69, 9.17) is 16.3 Å². The molecule has 1 unspecified atom stereocenters. The highest BCUT2D eigenvalue weighted by molar-refractivity contribution is 6.18. The van der Waals surface area contributed by atoms with Crippen molar-refractivity contribution in [2.24, 2.45) is 0 Å². The van der Waals surface area contributed by atoms with Gasteiger partial charge in [0, 0.05) is 24.5 Å².